The molecule has 0 unspecified atom stereocenters. The monoisotopic (exact) mass is 237 g/mol. The number of nitrogens with two attached hydrogens (primary N) is 1. The number of hydrogen-bond acceptors (Lipinski definition) is 2. The van der Waals surface area contributed by atoms with E-state index in [0.29, 0.717) is 11.9 Å². The first-order valence-corrected chi connectivity index (χ1v) is 6.19. The van der Waals surface area contributed by atoms with Crippen LogP contribution in [0.3, 0.4) is 0 Å². The highest BCUT2D eigenvalue weighted by atomic mass is 15.3. The minimum absolute atomic E-state index is 0.547. The van der Waals surface area contributed by atoms with E-state index in [9.17, 15) is 0 Å². The third-order valence-electron chi connectivity index (χ3n) is 2.41. The summed E-state index contributed by atoms with van der Waals surface area (Å²) in [7, 11) is 0. The Morgan fingerprint density at radius 3 is 3.00 bits per heavy atom. The van der Waals surface area contributed by atoms with Gasteiger partial charge < -0.3 is 11.1 Å². The molecule has 1 aromatic heterocycles. The predicted molar refractivity (Wildman–Crippen MR) is 70.8 cm³/mol. The molecule has 0 aromatic carbocycles. The molecule has 0 atom stereocenters. The van der Waals surface area contributed by atoms with Gasteiger partial charge in [0.25, 0.3) is 0 Å². The molecule has 0 aliphatic carbocycles. The molecular weight excluding hydrogens is 214 g/mol. The molecule has 0 fully saturated rings. The number of nitrogens with zero attached hydrogens (tertiary/aromatic N) is 3. The smallest absolute Gasteiger partial charge is 0.188 e. The number of rotatable bonds is 7. The SMILES string of the molecule is CC(C)CCNC(N)=NCCCn1cccn1. The van der Waals surface area contributed by atoms with E-state index in [1.165, 1.54) is 0 Å². The Balaban J connectivity index is 2.07. The lowest BCUT2D eigenvalue weighted by molar-refractivity contribution is 0.573. The molecule has 0 spiro atoms. The molecule has 0 bridgehead atoms. The van der Waals surface area contributed by atoms with Crippen LogP contribution in [0.15, 0.2) is 23.5 Å². The van der Waals surface area contributed by atoms with Crippen molar-refractivity contribution < 1.29 is 0 Å². The Kier molecular flexibility index (Phi) is 6.14. The molecule has 1 rings (SSSR count). The van der Waals surface area contributed by atoms with Crippen LogP contribution in [-0.2, 0) is 6.54 Å². The first-order valence-electron chi connectivity index (χ1n) is 6.19. The van der Waals surface area contributed by atoms with Gasteiger partial charge in [-0.05, 0) is 24.8 Å². The van der Waals surface area contributed by atoms with Crippen LogP contribution in [0.4, 0.5) is 0 Å². The number of hydrogen-bond donors (Lipinski definition) is 2. The van der Waals surface area contributed by atoms with Gasteiger partial charge in [-0.2, -0.15) is 5.10 Å². The summed E-state index contributed by atoms with van der Waals surface area (Å²) < 4.78 is 1.90. The molecule has 0 aliphatic rings. The van der Waals surface area contributed by atoms with Gasteiger partial charge in [0.15, 0.2) is 5.96 Å². The van der Waals surface area contributed by atoms with Crippen molar-refractivity contribution in [3.05, 3.63) is 18.5 Å². The van der Waals surface area contributed by atoms with E-state index in [4.69, 9.17) is 5.73 Å². The average Bonchev–Trinajstić information content (AvgIpc) is 2.76. The van der Waals surface area contributed by atoms with Gasteiger partial charge in [-0.25, -0.2) is 0 Å². The molecular formula is C12H23N5. The molecule has 0 amide bonds. The zero-order chi connectivity index (χ0) is 12.5. The molecule has 0 aliphatic heterocycles. The topological polar surface area (TPSA) is 68.2 Å². The third-order valence-corrected chi connectivity index (χ3v) is 2.41. The van der Waals surface area contributed by atoms with Crippen molar-refractivity contribution in [1.82, 2.24) is 15.1 Å². The molecule has 0 radical (unpaired) electrons. The van der Waals surface area contributed by atoms with E-state index in [-0.39, 0.29) is 0 Å². The second-order valence-corrected chi connectivity index (χ2v) is 4.50. The van der Waals surface area contributed by atoms with E-state index in [1.54, 1.807) is 6.20 Å². The lowest BCUT2D eigenvalue weighted by atomic mass is 10.1. The fourth-order valence-corrected chi connectivity index (χ4v) is 1.41. The van der Waals surface area contributed by atoms with Crippen molar-refractivity contribution >= 4 is 5.96 Å². The largest absolute Gasteiger partial charge is 0.370 e. The molecule has 1 aromatic rings. The summed E-state index contributed by atoms with van der Waals surface area (Å²) in [6.45, 7) is 6.90. The molecule has 5 heteroatoms. The highest BCUT2D eigenvalue weighted by molar-refractivity contribution is 5.77. The van der Waals surface area contributed by atoms with Crippen LogP contribution in [0.2, 0.25) is 0 Å². The first-order chi connectivity index (χ1) is 8.18. The molecule has 0 saturated heterocycles. The lowest BCUT2D eigenvalue weighted by Crippen LogP contribution is -2.33. The van der Waals surface area contributed by atoms with Gasteiger partial charge in [0.2, 0.25) is 0 Å². The normalized spacial score (nSPS) is 12.1. The zero-order valence-electron chi connectivity index (χ0n) is 10.8. The van der Waals surface area contributed by atoms with Crippen molar-refractivity contribution in [1.29, 1.82) is 0 Å². The van der Waals surface area contributed by atoms with Crippen molar-refractivity contribution in [2.75, 3.05) is 13.1 Å². The first kappa shape index (κ1) is 13.5. The summed E-state index contributed by atoms with van der Waals surface area (Å²) in [5.74, 6) is 1.24. The van der Waals surface area contributed by atoms with Gasteiger partial charge in [0.1, 0.15) is 0 Å². The van der Waals surface area contributed by atoms with Crippen molar-refractivity contribution in [3.63, 3.8) is 0 Å². The Hall–Kier alpha value is -1.52. The van der Waals surface area contributed by atoms with Crippen LogP contribution in [0.25, 0.3) is 0 Å². The number of aliphatic imine (C=N–C) groups is 1. The summed E-state index contributed by atoms with van der Waals surface area (Å²) in [5.41, 5.74) is 5.74. The van der Waals surface area contributed by atoms with Crippen molar-refractivity contribution in [3.8, 4) is 0 Å². The maximum Gasteiger partial charge on any atom is 0.188 e. The van der Waals surface area contributed by atoms with Gasteiger partial charge in [-0.15, -0.1) is 0 Å². The van der Waals surface area contributed by atoms with Gasteiger partial charge >= 0.3 is 0 Å². The van der Waals surface area contributed by atoms with Gasteiger partial charge in [-0.3, -0.25) is 9.67 Å². The van der Waals surface area contributed by atoms with E-state index in [1.807, 2.05) is 16.9 Å². The third kappa shape index (κ3) is 6.60. The summed E-state index contributed by atoms with van der Waals surface area (Å²) in [6.07, 6.45) is 5.80. The number of nitrogens with one attached hydrogen (secondary N) is 1. The second-order valence-electron chi connectivity index (χ2n) is 4.50. The zero-order valence-corrected chi connectivity index (χ0v) is 10.8. The average molecular weight is 237 g/mol. The van der Waals surface area contributed by atoms with Gasteiger partial charge in [0, 0.05) is 32.0 Å². The number of aromatic nitrogens is 2. The highest BCUT2D eigenvalue weighted by Gasteiger charge is 1.95. The quantitative estimate of drug-likeness (QED) is 0.426. The summed E-state index contributed by atoms with van der Waals surface area (Å²) in [6, 6.07) is 1.92. The predicted octanol–water partition coefficient (Wildman–Crippen LogP) is 1.22. The van der Waals surface area contributed by atoms with E-state index in [2.05, 4.69) is 29.3 Å². The van der Waals surface area contributed by atoms with Crippen molar-refractivity contribution in [2.24, 2.45) is 16.6 Å². The fraction of sp³-hybridized carbons (Fsp3) is 0.667. The summed E-state index contributed by atoms with van der Waals surface area (Å²) in [5, 5.41) is 7.24. The highest BCUT2D eigenvalue weighted by Crippen LogP contribution is 1.96. The molecule has 17 heavy (non-hydrogen) atoms. The second kappa shape index (κ2) is 7.70. The molecule has 0 saturated carbocycles. The van der Waals surface area contributed by atoms with E-state index in [0.717, 1.165) is 32.5 Å². The van der Waals surface area contributed by atoms with E-state index >= 15 is 0 Å². The van der Waals surface area contributed by atoms with Crippen LogP contribution in [0.5, 0.6) is 0 Å². The summed E-state index contributed by atoms with van der Waals surface area (Å²) in [4.78, 5) is 4.26. The summed E-state index contributed by atoms with van der Waals surface area (Å²) >= 11 is 0. The molecule has 96 valence electrons. The maximum absolute atomic E-state index is 5.74. The minimum Gasteiger partial charge on any atom is -0.370 e. The fourth-order valence-electron chi connectivity index (χ4n) is 1.41. The maximum atomic E-state index is 5.74. The Labute approximate surface area is 103 Å². The van der Waals surface area contributed by atoms with Gasteiger partial charge in [0.05, 0.1) is 0 Å². The Bertz CT molecular complexity index is 316. The molecule has 1 heterocycles. The van der Waals surface area contributed by atoms with Gasteiger partial charge in [-0.1, -0.05) is 13.8 Å². The standard InChI is InChI=1S/C12H23N5/c1-11(2)5-8-15-12(13)14-6-3-9-17-10-4-7-16-17/h4,7,10-11H,3,5-6,8-9H2,1-2H3,(H3,13,14,15). The van der Waals surface area contributed by atoms with Crippen LogP contribution in [0, 0.1) is 5.92 Å². The Morgan fingerprint density at radius 2 is 2.35 bits per heavy atom. The lowest BCUT2D eigenvalue weighted by Gasteiger charge is -2.07. The van der Waals surface area contributed by atoms with Crippen LogP contribution in [-0.4, -0.2) is 28.8 Å². The van der Waals surface area contributed by atoms with Crippen molar-refractivity contribution in [2.45, 2.75) is 33.2 Å². The van der Waals surface area contributed by atoms with Crippen LogP contribution >= 0.6 is 0 Å². The molecule has 5 nitrogen and oxygen atoms in total. The minimum atomic E-state index is 0.547. The van der Waals surface area contributed by atoms with Crippen LogP contribution < -0.4 is 11.1 Å². The van der Waals surface area contributed by atoms with Crippen LogP contribution in [0.1, 0.15) is 26.7 Å². The number of guanidine groups is 1. The molecule has 3 N–H and O–H groups in total. The number of aryl methyl sites for hydroxylation is 1. The van der Waals surface area contributed by atoms with E-state index < -0.39 is 0 Å². The Morgan fingerprint density at radius 1 is 1.53 bits per heavy atom.